The minimum absolute atomic E-state index is 0.0448. The molecular weight excluding hydrogens is 310 g/mol. The molecule has 130 valence electrons. The quantitative estimate of drug-likeness (QED) is 0.334. The lowest BCUT2D eigenvalue weighted by Crippen LogP contribution is -2.32. The van der Waals surface area contributed by atoms with Gasteiger partial charge in [-0.15, -0.1) is 11.6 Å². The van der Waals surface area contributed by atoms with E-state index in [1.54, 1.807) is 12.1 Å². The molecule has 0 aliphatic rings. The molecule has 4 heteroatoms. The molecule has 0 saturated carbocycles. The molecule has 0 aliphatic heterocycles. The highest BCUT2D eigenvalue weighted by Gasteiger charge is 2.15. The SMILES string of the molecule is CCCCCCCCC(Cl)C(N)CCOC(=O)c1ccccc1. The third kappa shape index (κ3) is 8.97. The molecule has 0 aromatic heterocycles. The lowest BCUT2D eigenvalue weighted by molar-refractivity contribution is 0.0493. The molecule has 2 N–H and O–H groups in total. The molecule has 0 heterocycles. The summed E-state index contributed by atoms with van der Waals surface area (Å²) < 4.78 is 5.24. The second-order valence-electron chi connectivity index (χ2n) is 6.03. The van der Waals surface area contributed by atoms with Crippen LogP contribution in [0, 0.1) is 0 Å². The number of carbonyl (C=O) groups is 1. The minimum atomic E-state index is -0.306. The Morgan fingerprint density at radius 3 is 2.43 bits per heavy atom. The lowest BCUT2D eigenvalue weighted by Gasteiger charge is -2.18. The zero-order valence-corrected chi connectivity index (χ0v) is 14.9. The van der Waals surface area contributed by atoms with E-state index in [4.69, 9.17) is 22.1 Å². The highest BCUT2D eigenvalue weighted by molar-refractivity contribution is 6.21. The van der Waals surface area contributed by atoms with Crippen LogP contribution in [0.2, 0.25) is 0 Å². The summed E-state index contributed by atoms with van der Waals surface area (Å²) in [5, 5.41) is -0.0448. The number of hydrogen-bond acceptors (Lipinski definition) is 3. The van der Waals surface area contributed by atoms with Gasteiger partial charge in [-0.2, -0.15) is 0 Å². The summed E-state index contributed by atoms with van der Waals surface area (Å²) in [6.07, 6.45) is 9.05. The van der Waals surface area contributed by atoms with Gasteiger partial charge in [0.15, 0.2) is 0 Å². The van der Waals surface area contributed by atoms with Gasteiger partial charge >= 0.3 is 5.97 Å². The molecule has 1 rings (SSSR count). The van der Waals surface area contributed by atoms with Gasteiger partial charge in [-0.05, 0) is 25.0 Å². The molecule has 0 radical (unpaired) electrons. The van der Waals surface area contributed by atoms with E-state index in [9.17, 15) is 4.79 Å². The second kappa shape index (κ2) is 12.4. The molecule has 1 aromatic carbocycles. The Bertz CT molecular complexity index is 425. The summed E-state index contributed by atoms with van der Waals surface area (Å²) in [6.45, 7) is 2.53. The first-order chi connectivity index (χ1) is 11.1. The van der Waals surface area contributed by atoms with Gasteiger partial charge in [0.1, 0.15) is 0 Å². The number of esters is 1. The van der Waals surface area contributed by atoms with Crippen LogP contribution in [0.4, 0.5) is 0 Å². The van der Waals surface area contributed by atoms with E-state index in [1.807, 2.05) is 18.2 Å². The van der Waals surface area contributed by atoms with Gasteiger partial charge in [-0.25, -0.2) is 4.79 Å². The first kappa shape index (κ1) is 20.0. The van der Waals surface area contributed by atoms with E-state index in [0.717, 1.165) is 12.8 Å². The number of hydrogen-bond donors (Lipinski definition) is 1. The topological polar surface area (TPSA) is 52.3 Å². The van der Waals surface area contributed by atoms with Crippen LogP contribution in [0.15, 0.2) is 30.3 Å². The number of ether oxygens (including phenoxy) is 1. The summed E-state index contributed by atoms with van der Waals surface area (Å²) in [5.74, 6) is -0.306. The van der Waals surface area contributed by atoms with Gasteiger partial charge in [0.05, 0.1) is 12.2 Å². The summed E-state index contributed by atoms with van der Waals surface area (Å²) in [4.78, 5) is 11.8. The monoisotopic (exact) mass is 339 g/mol. The first-order valence-electron chi connectivity index (χ1n) is 8.77. The number of rotatable bonds is 12. The fourth-order valence-corrected chi connectivity index (χ4v) is 2.74. The van der Waals surface area contributed by atoms with Crippen molar-refractivity contribution < 1.29 is 9.53 Å². The smallest absolute Gasteiger partial charge is 0.338 e. The Morgan fingerprint density at radius 2 is 1.74 bits per heavy atom. The standard InChI is InChI=1S/C19H30ClNO2/c1-2-3-4-5-6-10-13-17(20)18(21)14-15-23-19(22)16-11-8-7-9-12-16/h7-9,11-12,17-18H,2-6,10,13-15,21H2,1H3. The predicted molar refractivity (Wildman–Crippen MR) is 97.0 cm³/mol. The van der Waals surface area contributed by atoms with Gasteiger partial charge in [0, 0.05) is 11.4 Å². The van der Waals surface area contributed by atoms with Crippen LogP contribution in [0.3, 0.4) is 0 Å². The maximum Gasteiger partial charge on any atom is 0.338 e. The minimum Gasteiger partial charge on any atom is -0.462 e. The summed E-state index contributed by atoms with van der Waals surface area (Å²) >= 11 is 6.34. The largest absolute Gasteiger partial charge is 0.462 e. The number of unbranched alkanes of at least 4 members (excludes halogenated alkanes) is 5. The molecule has 23 heavy (non-hydrogen) atoms. The van der Waals surface area contributed by atoms with Crippen LogP contribution in [0.1, 0.15) is 68.6 Å². The fraction of sp³-hybridized carbons (Fsp3) is 0.632. The van der Waals surface area contributed by atoms with E-state index in [2.05, 4.69) is 6.92 Å². The van der Waals surface area contributed by atoms with Crippen LogP contribution in [0.25, 0.3) is 0 Å². The normalized spacial score (nSPS) is 13.5. The molecule has 2 atom stereocenters. The molecule has 0 amide bonds. The van der Waals surface area contributed by atoms with Crippen molar-refractivity contribution in [2.45, 2.75) is 69.7 Å². The summed E-state index contributed by atoms with van der Waals surface area (Å²) in [5.41, 5.74) is 6.65. The summed E-state index contributed by atoms with van der Waals surface area (Å²) in [7, 11) is 0. The predicted octanol–water partition coefficient (Wildman–Crippen LogP) is 4.92. The van der Waals surface area contributed by atoms with Gasteiger partial charge < -0.3 is 10.5 Å². The van der Waals surface area contributed by atoms with Gasteiger partial charge in [-0.3, -0.25) is 0 Å². The van der Waals surface area contributed by atoms with Crippen molar-refractivity contribution in [1.82, 2.24) is 0 Å². The molecule has 0 bridgehead atoms. The van der Waals surface area contributed by atoms with Gasteiger partial charge in [-0.1, -0.05) is 63.6 Å². The first-order valence-corrected chi connectivity index (χ1v) is 9.20. The van der Waals surface area contributed by atoms with Gasteiger partial charge in [0.2, 0.25) is 0 Å². The van der Waals surface area contributed by atoms with Crippen molar-refractivity contribution >= 4 is 17.6 Å². The molecule has 3 nitrogen and oxygen atoms in total. The van der Waals surface area contributed by atoms with Crippen LogP contribution in [-0.4, -0.2) is 24.0 Å². The molecule has 0 spiro atoms. The highest BCUT2D eigenvalue weighted by atomic mass is 35.5. The molecule has 0 aliphatic carbocycles. The van der Waals surface area contributed by atoms with Crippen molar-refractivity contribution in [1.29, 1.82) is 0 Å². The highest BCUT2D eigenvalue weighted by Crippen LogP contribution is 2.15. The molecule has 2 unspecified atom stereocenters. The van der Waals surface area contributed by atoms with E-state index >= 15 is 0 Å². The Kier molecular flexibility index (Phi) is 10.8. The van der Waals surface area contributed by atoms with Crippen molar-refractivity contribution in [2.75, 3.05) is 6.61 Å². The Morgan fingerprint density at radius 1 is 1.09 bits per heavy atom. The third-order valence-electron chi connectivity index (χ3n) is 3.99. The van der Waals surface area contributed by atoms with Gasteiger partial charge in [0.25, 0.3) is 0 Å². The van der Waals surface area contributed by atoms with Crippen molar-refractivity contribution in [3.63, 3.8) is 0 Å². The van der Waals surface area contributed by atoms with Crippen molar-refractivity contribution in [3.05, 3.63) is 35.9 Å². The Labute approximate surface area is 145 Å². The average molecular weight is 340 g/mol. The maximum absolute atomic E-state index is 11.8. The number of benzene rings is 1. The zero-order valence-electron chi connectivity index (χ0n) is 14.2. The molecular formula is C19H30ClNO2. The van der Waals surface area contributed by atoms with E-state index in [0.29, 0.717) is 18.6 Å². The number of alkyl halides is 1. The maximum atomic E-state index is 11.8. The van der Waals surface area contributed by atoms with E-state index in [1.165, 1.54) is 32.1 Å². The van der Waals surface area contributed by atoms with E-state index in [-0.39, 0.29) is 17.4 Å². The van der Waals surface area contributed by atoms with E-state index < -0.39 is 0 Å². The number of nitrogens with two attached hydrogens (primary N) is 1. The van der Waals surface area contributed by atoms with Crippen molar-refractivity contribution in [2.24, 2.45) is 5.73 Å². The van der Waals surface area contributed by atoms with Crippen LogP contribution >= 0.6 is 11.6 Å². The van der Waals surface area contributed by atoms with Crippen LogP contribution < -0.4 is 5.73 Å². The summed E-state index contributed by atoms with van der Waals surface area (Å²) in [6, 6.07) is 8.86. The Balaban J connectivity index is 2.10. The second-order valence-corrected chi connectivity index (χ2v) is 6.59. The van der Waals surface area contributed by atoms with Crippen LogP contribution in [-0.2, 0) is 4.74 Å². The van der Waals surface area contributed by atoms with Crippen molar-refractivity contribution in [3.8, 4) is 0 Å². The molecule has 1 aromatic rings. The zero-order chi connectivity index (χ0) is 16.9. The fourth-order valence-electron chi connectivity index (χ4n) is 2.46. The molecule has 0 fully saturated rings. The number of halogens is 1. The number of carbonyl (C=O) groups excluding carboxylic acids is 1. The van der Waals surface area contributed by atoms with Crippen LogP contribution in [0.5, 0.6) is 0 Å². The lowest BCUT2D eigenvalue weighted by atomic mass is 10.0. The Hall–Kier alpha value is -1.06. The molecule has 0 saturated heterocycles. The average Bonchev–Trinajstić information content (AvgIpc) is 2.58. The third-order valence-corrected chi connectivity index (χ3v) is 4.53.